The Bertz CT molecular complexity index is 307. The highest BCUT2D eigenvalue weighted by Crippen LogP contribution is 2.22. The van der Waals surface area contributed by atoms with Gasteiger partial charge in [0.05, 0.1) is 6.61 Å². The number of hydrogen-bond acceptors (Lipinski definition) is 4. The molecule has 0 aliphatic rings. The zero-order valence-electron chi connectivity index (χ0n) is 10.2. The lowest BCUT2D eigenvalue weighted by molar-refractivity contribution is 0.340. The van der Waals surface area contributed by atoms with Crippen molar-refractivity contribution in [3.63, 3.8) is 0 Å². The number of ether oxygens (including phenoxy) is 1. The van der Waals surface area contributed by atoms with Crippen molar-refractivity contribution in [2.45, 2.75) is 26.3 Å². The summed E-state index contributed by atoms with van der Waals surface area (Å²) < 4.78 is 5.51. The summed E-state index contributed by atoms with van der Waals surface area (Å²) in [5.41, 5.74) is 0. The van der Waals surface area contributed by atoms with Crippen molar-refractivity contribution in [1.82, 2.24) is 4.98 Å². The molecule has 0 aliphatic heterocycles. The average Bonchev–Trinajstić information content (AvgIpc) is 2.29. The number of nitrogens with one attached hydrogen (secondary N) is 1. The van der Waals surface area contributed by atoms with E-state index in [1.54, 1.807) is 6.20 Å². The van der Waals surface area contributed by atoms with Gasteiger partial charge in [-0.1, -0.05) is 0 Å². The van der Waals surface area contributed by atoms with Gasteiger partial charge in [-0.3, -0.25) is 0 Å². The van der Waals surface area contributed by atoms with E-state index in [9.17, 15) is 0 Å². The highest BCUT2D eigenvalue weighted by Gasteiger charge is 2.07. The topological polar surface area (TPSA) is 34.1 Å². The molecule has 0 saturated heterocycles. The molecule has 3 nitrogen and oxygen atoms in total. The quantitative estimate of drug-likeness (QED) is 0.794. The Hall–Kier alpha value is -0.900. The molecule has 1 N–H and O–H groups in total. The van der Waals surface area contributed by atoms with E-state index in [0.29, 0.717) is 12.6 Å². The molecule has 90 valence electrons. The number of hydrogen-bond donors (Lipinski definition) is 1. The van der Waals surface area contributed by atoms with Crippen molar-refractivity contribution in [1.29, 1.82) is 0 Å². The normalized spacial score (nSPS) is 12.2. The summed E-state index contributed by atoms with van der Waals surface area (Å²) in [5, 5.41) is 3.38. The first-order chi connectivity index (χ1) is 7.77. The summed E-state index contributed by atoms with van der Waals surface area (Å²) in [6.07, 6.45) is 5.04. The van der Waals surface area contributed by atoms with Crippen LogP contribution in [0.25, 0.3) is 0 Å². The highest BCUT2D eigenvalue weighted by atomic mass is 32.2. The number of anilines is 1. The molecule has 1 atom stereocenters. The van der Waals surface area contributed by atoms with Crippen LogP contribution in [-0.2, 0) is 0 Å². The second-order valence-electron chi connectivity index (χ2n) is 3.61. The standard InChI is InChI=1S/C12H20N2OS/c1-4-15-11-6-5-8-13-12(11)14-10(2)7-9-16-3/h5-6,8,10H,4,7,9H2,1-3H3,(H,13,14). The third-order valence-electron chi connectivity index (χ3n) is 2.21. The molecule has 1 unspecified atom stereocenters. The molecule has 4 heteroatoms. The van der Waals surface area contributed by atoms with Gasteiger partial charge in [0.1, 0.15) is 0 Å². The van der Waals surface area contributed by atoms with Gasteiger partial charge in [0, 0.05) is 12.2 Å². The van der Waals surface area contributed by atoms with Crippen molar-refractivity contribution in [2.75, 3.05) is 23.9 Å². The van der Waals surface area contributed by atoms with Crippen LogP contribution >= 0.6 is 11.8 Å². The van der Waals surface area contributed by atoms with Crippen molar-refractivity contribution in [2.24, 2.45) is 0 Å². The predicted octanol–water partition coefficient (Wildman–Crippen LogP) is 3.03. The zero-order chi connectivity index (χ0) is 11.8. The Morgan fingerprint density at radius 3 is 3.06 bits per heavy atom. The molecule has 0 spiro atoms. The lowest BCUT2D eigenvalue weighted by Crippen LogP contribution is -2.17. The van der Waals surface area contributed by atoms with Gasteiger partial charge in [-0.15, -0.1) is 0 Å². The molecule has 1 heterocycles. The number of thioether (sulfide) groups is 1. The number of pyridine rings is 1. The monoisotopic (exact) mass is 240 g/mol. The summed E-state index contributed by atoms with van der Waals surface area (Å²) in [7, 11) is 0. The van der Waals surface area contributed by atoms with Crippen molar-refractivity contribution in [3.05, 3.63) is 18.3 Å². The van der Waals surface area contributed by atoms with Gasteiger partial charge >= 0.3 is 0 Å². The van der Waals surface area contributed by atoms with Gasteiger partial charge in [0.2, 0.25) is 0 Å². The largest absolute Gasteiger partial charge is 0.490 e. The van der Waals surface area contributed by atoms with E-state index in [-0.39, 0.29) is 0 Å². The van der Waals surface area contributed by atoms with E-state index < -0.39 is 0 Å². The predicted molar refractivity (Wildman–Crippen MR) is 71.5 cm³/mol. The van der Waals surface area contributed by atoms with Gasteiger partial charge < -0.3 is 10.1 Å². The third kappa shape index (κ3) is 4.31. The molecule has 0 aliphatic carbocycles. The van der Waals surface area contributed by atoms with Gasteiger partial charge in [0.25, 0.3) is 0 Å². The molecule has 1 aromatic rings. The smallest absolute Gasteiger partial charge is 0.168 e. The van der Waals surface area contributed by atoms with Gasteiger partial charge in [-0.05, 0) is 44.4 Å². The van der Waals surface area contributed by atoms with Crippen LogP contribution < -0.4 is 10.1 Å². The maximum atomic E-state index is 5.51. The molecule has 0 bridgehead atoms. The zero-order valence-corrected chi connectivity index (χ0v) is 11.0. The van der Waals surface area contributed by atoms with Gasteiger partial charge in [0.15, 0.2) is 11.6 Å². The van der Waals surface area contributed by atoms with Crippen LogP contribution in [0.2, 0.25) is 0 Å². The van der Waals surface area contributed by atoms with Crippen LogP contribution in [0.4, 0.5) is 5.82 Å². The highest BCUT2D eigenvalue weighted by molar-refractivity contribution is 7.98. The average molecular weight is 240 g/mol. The minimum atomic E-state index is 0.418. The van der Waals surface area contributed by atoms with Crippen molar-refractivity contribution in [3.8, 4) is 5.75 Å². The van der Waals surface area contributed by atoms with Crippen LogP contribution in [0, 0.1) is 0 Å². The maximum Gasteiger partial charge on any atom is 0.168 e. The molecule has 0 saturated carbocycles. The van der Waals surface area contributed by atoms with Crippen LogP contribution in [0.15, 0.2) is 18.3 Å². The fourth-order valence-electron chi connectivity index (χ4n) is 1.37. The van der Waals surface area contributed by atoms with E-state index >= 15 is 0 Å². The molecule has 1 aromatic heterocycles. The van der Waals surface area contributed by atoms with Gasteiger partial charge in [-0.2, -0.15) is 11.8 Å². The summed E-state index contributed by atoms with van der Waals surface area (Å²) in [5.74, 6) is 2.84. The van der Waals surface area contributed by atoms with Crippen molar-refractivity contribution >= 4 is 17.6 Å². The molecule has 0 amide bonds. The van der Waals surface area contributed by atoms with Crippen LogP contribution in [0.5, 0.6) is 5.75 Å². The Kier molecular flexibility index (Phi) is 6.08. The SMILES string of the molecule is CCOc1cccnc1NC(C)CCSC. The maximum absolute atomic E-state index is 5.51. The lowest BCUT2D eigenvalue weighted by Gasteiger charge is -2.16. The summed E-state index contributed by atoms with van der Waals surface area (Å²) >= 11 is 1.86. The van der Waals surface area contributed by atoms with Crippen LogP contribution in [0.3, 0.4) is 0 Å². The second-order valence-corrected chi connectivity index (χ2v) is 4.60. The molecular weight excluding hydrogens is 220 g/mol. The van der Waals surface area contributed by atoms with Crippen molar-refractivity contribution < 1.29 is 4.74 Å². The Balaban J connectivity index is 2.57. The van der Waals surface area contributed by atoms with E-state index in [1.807, 2.05) is 30.8 Å². The molecule has 1 rings (SSSR count). The fraction of sp³-hybridized carbons (Fsp3) is 0.583. The fourth-order valence-corrected chi connectivity index (χ4v) is 1.96. The molecule has 16 heavy (non-hydrogen) atoms. The van der Waals surface area contributed by atoms with Crippen LogP contribution in [-0.4, -0.2) is 29.6 Å². The Labute approximate surface area is 102 Å². The van der Waals surface area contributed by atoms with E-state index in [1.165, 1.54) is 0 Å². The molecule has 0 fully saturated rings. The first-order valence-corrected chi connectivity index (χ1v) is 7.00. The second kappa shape index (κ2) is 7.39. The number of aromatic nitrogens is 1. The molecule has 0 aromatic carbocycles. The number of nitrogens with zero attached hydrogens (tertiary/aromatic N) is 1. The Morgan fingerprint density at radius 2 is 2.38 bits per heavy atom. The van der Waals surface area contributed by atoms with Crippen LogP contribution in [0.1, 0.15) is 20.3 Å². The van der Waals surface area contributed by atoms with E-state index in [0.717, 1.165) is 23.7 Å². The third-order valence-corrected chi connectivity index (χ3v) is 2.85. The molecule has 0 radical (unpaired) electrons. The first kappa shape index (κ1) is 13.2. The van der Waals surface area contributed by atoms with E-state index in [2.05, 4.69) is 23.5 Å². The summed E-state index contributed by atoms with van der Waals surface area (Å²) in [6, 6.07) is 4.25. The summed E-state index contributed by atoms with van der Waals surface area (Å²) in [4.78, 5) is 4.30. The minimum absolute atomic E-state index is 0.418. The van der Waals surface area contributed by atoms with E-state index in [4.69, 9.17) is 4.74 Å². The first-order valence-electron chi connectivity index (χ1n) is 5.61. The molecular formula is C12H20N2OS. The van der Waals surface area contributed by atoms with Gasteiger partial charge in [-0.25, -0.2) is 4.98 Å². The summed E-state index contributed by atoms with van der Waals surface area (Å²) in [6.45, 7) is 4.81. The number of rotatable bonds is 7. The lowest BCUT2D eigenvalue weighted by atomic mass is 10.2. The Morgan fingerprint density at radius 1 is 1.56 bits per heavy atom. The minimum Gasteiger partial charge on any atom is -0.490 e.